The van der Waals surface area contributed by atoms with Crippen LogP contribution in [0.2, 0.25) is 0 Å². The molecule has 0 saturated heterocycles. The Morgan fingerprint density at radius 3 is 2.50 bits per heavy atom. The molecule has 0 aliphatic rings. The summed E-state index contributed by atoms with van der Waals surface area (Å²) in [6, 6.07) is 6.01. The third kappa shape index (κ3) is 2.72. The number of aromatic nitrogens is 3. The minimum absolute atomic E-state index is 0.000976. The van der Waals surface area contributed by atoms with Crippen LogP contribution in [0.1, 0.15) is 37.7 Å². The van der Waals surface area contributed by atoms with Crippen molar-refractivity contribution in [1.82, 2.24) is 14.8 Å². The summed E-state index contributed by atoms with van der Waals surface area (Å²) in [6.45, 7) is 8.40. The van der Waals surface area contributed by atoms with Crippen LogP contribution in [0.4, 0.5) is 0 Å². The molecular formula is C14H18ClN3. The van der Waals surface area contributed by atoms with Crippen molar-refractivity contribution in [2.45, 2.75) is 39.0 Å². The zero-order valence-electron chi connectivity index (χ0n) is 11.2. The fourth-order valence-electron chi connectivity index (χ4n) is 1.69. The molecule has 2 heterocycles. The second-order valence-corrected chi connectivity index (χ2v) is 5.77. The number of halogens is 1. The second-order valence-electron chi connectivity index (χ2n) is 5.50. The molecule has 2 aromatic rings. The van der Waals surface area contributed by atoms with Crippen LogP contribution in [0, 0.1) is 6.92 Å². The highest BCUT2D eigenvalue weighted by molar-refractivity contribution is 6.17. The lowest BCUT2D eigenvalue weighted by Gasteiger charge is -2.19. The van der Waals surface area contributed by atoms with Crippen LogP contribution in [0.25, 0.3) is 5.82 Å². The molecule has 0 radical (unpaired) electrons. The van der Waals surface area contributed by atoms with Gasteiger partial charge in [-0.15, -0.1) is 11.6 Å². The first kappa shape index (κ1) is 13.1. The molecule has 96 valence electrons. The van der Waals surface area contributed by atoms with E-state index in [1.807, 2.05) is 25.3 Å². The first-order valence-corrected chi connectivity index (χ1v) is 6.53. The maximum absolute atomic E-state index is 5.96. The minimum atomic E-state index is -0.000976. The molecule has 2 aromatic heterocycles. The Morgan fingerprint density at radius 1 is 1.28 bits per heavy atom. The Kier molecular flexibility index (Phi) is 3.44. The van der Waals surface area contributed by atoms with E-state index in [1.165, 1.54) is 0 Å². The van der Waals surface area contributed by atoms with E-state index >= 15 is 0 Å². The predicted molar refractivity (Wildman–Crippen MR) is 74.4 cm³/mol. The van der Waals surface area contributed by atoms with Crippen LogP contribution in [-0.4, -0.2) is 14.8 Å². The lowest BCUT2D eigenvalue weighted by molar-refractivity contribution is 0.565. The highest BCUT2D eigenvalue weighted by atomic mass is 35.5. The summed E-state index contributed by atoms with van der Waals surface area (Å²) in [5, 5.41) is 4.39. The Bertz CT molecular complexity index is 552. The normalized spacial score (nSPS) is 11.8. The van der Waals surface area contributed by atoms with Crippen LogP contribution in [0.15, 0.2) is 24.4 Å². The van der Waals surface area contributed by atoms with Gasteiger partial charge in [-0.2, -0.15) is 5.10 Å². The Hall–Kier alpha value is -1.35. The molecule has 0 aliphatic heterocycles. The lowest BCUT2D eigenvalue weighted by atomic mass is 9.91. The van der Waals surface area contributed by atoms with E-state index in [2.05, 4.69) is 36.9 Å². The van der Waals surface area contributed by atoms with Gasteiger partial charge in [-0.25, -0.2) is 9.67 Å². The van der Waals surface area contributed by atoms with Gasteiger partial charge in [0, 0.05) is 23.2 Å². The SMILES string of the molecule is Cc1ccn(-c2cc(CCl)cc(C(C)(C)C)n2)n1. The average Bonchev–Trinajstić information content (AvgIpc) is 2.74. The van der Waals surface area contributed by atoms with E-state index in [0.717, 1.165) is 22.8 Å². The van der Waals surface area contributed by atoms with Crippen molar-refractivity contribution in [3.05, 3.63) is 41.3 Å². The maximum atomic E-state index is 5.96. The number of aryl methyl sites for hydroxylation is 1. The van der Waals surface area contributed by atoms with Gasteiger partial charge in [0.2, 0.25) is 0 Å². The van der Waals surface area contributed by atoms with Crippen molar-refractivity contribution in [2.75, 3.05) is 0 Å². The van der Waals surface area contributed by atoms with Gasteiger partial charge < -0.3 is 0 Å². The molecule has 0 unspecified atom stereocenters. The van der Waals surface area contributed by atoms with E-state index < -0.39 is 0 Å². The van der Waals surface area contributed by atoms with Crippen molar-refractivity contribution in [2.24, 2.45) is 0 Å². The van der Waals surface area contributed by atoms with Crippen molar-refractivity contribution < 1.29 is 0 Å². The summed E-state index contributed by atoms with van der Waals surface area (Å²) in [5.41, 5.74) is 3.08. The summed E-state index contributed by atoms with van der Waals surface area (Å²) < 4.78 is 1.79. The summed E-state index contributed by atoms with van der Waals surface area (Å²) in [4.78, 5) is 4.68. The van der Waals surface area contributed by atoms with E-state index in [0.29, 0.717) is 5.88 Å². The molecule has 0 N–H and O–H groups in total. The van der Waals surface area contributed by atoms with Gasteiger partial charge in [0.25, 0.3) is 0 Å². The second kappa shape index (κ2) is 4.73. The van der Waals surface area contributed by atoms with E-state index in [9.17, 15) is 0 Å². The molecule has 0 fully saturated rings. The maximum Gasteiger partial charge on any atom is 0.153 e. The fourth-order valence-corrected chi connectivity index (χ4v) is 1.85. The third-order valence-corrected chi connectivity index (χ3v) is 3.06. The minimum Gasteiger partial charge on any atom is -0.233 e. The molecular weight excluding hydrogens is 246 g/mol. The molecule has 2 rings (SSSR count). The Morgan fingerprint density at radius 2 is 2.00 bits per heavy atom. The van der Waals surface area contributed by atoms with Crippen LogP contribution >= 0.6 is 11.6 Å². The highest BCUT2D eigenvalue weighted by Crippen LogP contribution is 2.23. The van der Waals surface area contributed by atoms with Crippen molar-refractivity contribution in [1.29, 1.82) is 0 Å². The average molecular weight is 264 g/mol. The molecule has 0 amide bonds. The summed E-state index contributed by atoms with van der Waals surface area (Å²) in [6.07, 6.45) is 1.92. The van der Waals surface area contributed by atoms with Crippen LogP contribution in [0.5, 0.6) is 0 Å². The Balaban J connectivity index is 2.54. The summed E-state index contributed by atoms with van der Waals surface area (Å²) >= 11 is 5.96. The molecule has 18 heavy (non-hydrogen) atoms. The summed E-state index contributed by atoms with van der Waals surface area (Å²) in [7, 11) is 0. The van der Waals surface area contributed by atoms with E-state index in [-0.39, 0.29) is 5.41 Å². The molecule has 4 heteroatoms. The third-order valence-electron chi connectivity index (χ3n) is 2.75. The monoisotopic (exact) mass is 263 g/mol. The number of nitrogens with zero attached hydrogens (tertiary/aromatic N) is 3. The fraction of sp³-hybridized carbons (Fsp3) is 0.429. The smallest absolute Gasteiger partial charge is 0.153 e. The summed E-state index contributed by atoms with van der Waals surface area (Å²) in [5.74, 6) is 1.31. The first-order chi connectivity index (χ1) is 8.40. The van der Waals surface area contributed by atoms with Gasteiger partial charge in [-0.3, -0.25) is 0 Å². The molecule has 0 aliphatic carbocycles. The number of alkyl halides is 1. The quantitative estimate of drug-likeness (QED) is 0.775. The molecule has 3 nitrogen and oxygen atoms in total. The van der Waals surface area contributed by atoms with Gasteiger partial charge >= 0.3 is 0 Å². The first-order valence-electron chi connectivity index (χ1n) is 6.00. The van der Waals surface area contributed by atoms with Gasteiger partial charge in [0.15, 0.2) is 5.82 Å². The zero-order valence-corrected chi connectivity index (χ0v) is 12.0. The molecule has 0 spiro atoms. The van der Waals surface area contributed by atoms with E-state index in [1.54, 1.807) is 4.68 Å². The van der Waals surface area contributed by atoms with Crippen LogP contribution < -0.4 is 0 Å². The van der Waals surface area contributed by atoms with Gasteiger partial charge in [0.1, 0.15) is 0 Å². The predicted octanol–water partition coefficient (Wildman–Crippen LogP) is 3.61. The van der Waals surface area contributed by atoms with Gasteiger partial charge in [-0.1, -0.05) is 20.8 Å². The molecule has 0 aromatic carbocycles. The molecule has 0 bridgehead atoms. The Labute approximate surface area is 113 Å². The van der Waals surface area contributed by atoms with Crippen molar-refractivity contribution in [3.63, 3.8) is 0 Å². The van der Waals surface area contributed by atoms with Gasteiger partial charge in [-0.05, 0) is 30.7 Å². The number of pyridine rings is 1. The topological polar surface area (TPSA) is 30.7 Å². The van der Waals surface area contributed by atoms with Crippen molar-refractivity contribution in [3.8, 4) is 5.82 Å². The zero-order chi connectivity index (χ0) is 13.3. The lowest BCUT2D eigenvalue weighted by Crippen LogP contribution is -2.15. The number of hydrogen-bond donors (Lipinski definition) is 0. The number of hydrogen-bond acceptors (Lipinski definition) is 2. The number of rotatable bonds is 2. The standard InChI is InChI=1S/C14H18ClN3/c1-10-5-6-18(17-10)13-8-11(9-15)7-12(16-13)14(2,3)4/h5-8H,9H2,1-4H3. The van der Waals surface area contributed by atoms with Crippen LogP contribution in [-0.2, 0) is 11.3 Å². The van der Waals surface area contributed by atoms with E-state index in [4.69, 9.17) is 11.6 Å². The molecule has 0 saturated carbocycles. The van der Waals surface area contributed by atoms with Crippen LogP contribution in [0.3, 0.4) is 0 Å². The van der Waals surface area contributed by atoms with Crippen molar-refractivity contribution >= 4 is 11.6 Å². The van der Waals surface area contributed by atoms with Gasteiger partial charge in [0.05, 0.1) is 5.69 Å². The highest BCUT2D eigenvalue weighted by Gasteiger charge is 2.17. The molecule has 0 atom stereocenters. The largest absolute Gasteiger partial charge is 0.233 e.